The lowest BCUT2D eigenvalue weighted by molar-refractivity contribution is -0.141. The molecule has 1 fully saturated rings. The molecule has 1 unspecified atom stereocenters. The second kappa shape index (κ2) is 7.40. The molecule has 1 saturated heterocycles. The van der Waals surface area contributed by atoms with E-state index in [0.29, 0.717) is 31.5 Å². The first kappa shape index (κ1) is 19.1. The maximum atomic E-state index is 13.7. The van der Waals surface area contributed by atoms with Gasteiger partial charge < -0.3 is 19.7 Å². The molecule has 0 bridgehead atoms. The first-order valence-electron chi connectivity index (χ1n) is 10.7. The molecule has 1 aliphatic carbocycles. The van der Waals surface area contributed by atoms with Crippen molar-refractivity contribution in [2.45, 2.75) is 19.4 Å². The van der Waals surface area contributed by atoms with Gasteiger partial charge in [0, 0.05) is 45.7 Å². The van der Waals surface area contributed by atoms with Crippen LogP contribution in [0.1, 0.15) is 22.6 Å². The highest BCUT2D eigenvalue weighted by Crippen LogP contribution is 2.36. The van der Waals surface area contributed by atoms with Gasteiger partial charge in [-0.3, -0.25) is 9.59 Å². The Kier molecular flexibility index (Phi) is 4.70. The summed E-state index contributed by atoms with van der Waals surface area (Å²) < 4.78 is 2.13. The molecule has 1 N–H and O–H groups in total. The average molecular weight is 406 g/mol. The highest BCUT2D eigenvalue weighted by atomic mass is 16.2. The van der Waals surface area contributed by atoms with Crippen LogP contribution in [0.15, 0.2) is 42.5 Å². The smallest absolute Gasteiger partial charge is 0.253 e. The summed E-state index contributed by atoms with van der Waals surface area (Å²) >= 11 is 0. The monoisotopic (exact) mass is 405 g/mol. The first-order chi connectivity index (χ1) is 14.6. The van der Waals surface area contributed by atoms with Gasteiger partial charge >= 0.3 is 0 Å². The van der Waals surface area contributed by atoms with Crippen molar-refractivity contribution in [3.63, 3.8) is 0 Å². The Balaban J connectivity index is 1.54. The van der Waals surface area contributed by atoms with E-state index in [1.54, 1.807) is 0 Å². The normalized spacial score (nSPS) is 24.2. The van der Waals surface area contributed by atoms with Crippen LogP contribution in [0, 0.1) is 5.41 Å². The second-order valence-electron chi connectivity index (χ2n) is 8.53. The molecule has 1 aromatic carbocycles. The summed E-state index contributed by atoms with van der Waals surface area (Å²) in [7, 11) is 2.09. The van der Waals surface area contributed by atoms with Gasteiger partial charge in [-0.05, 0) is 25.6 Å². The van der Waals surface area contributed by atoms with E-state index >= 15 is 0 Å². The summed E-state index contributed by atoms with van der Waals surface area (Å²) in [6, 6.07) is 5.67. The van der Waals surface area contributed by atoms with Gasteiger partial charge in [0.25, 0.3) is 5.91 Å². The van der Waals surface area contributed by atoms with Crippen LogP contribution in [0.4, 0.5) is 0 Å². The van der Waals surface area contributed by atoms with Crippen LogP contribution >= 0.6 is 0 Å². The number of carbonyl (C=O) groups excluding carboxylic acids is 2. The molecule has 7 heteroatoms. The molecule has 3 aliphatic rings. The molecule has 156 valence electrons. The van der Waals surface area contributed by atoms with Crippen LogP contribution in [0.5, 0.6) is 0 Å². The maximum absolute atomic E-state index is 13.7. The lowest BCUT2D eigenvalue weighted by Crippen LogP contribution is -2.52. The number of nitrogens with zero attached hydrogens (tertiary/aromatic N) is 4. The van der Waals surface area contributed by atoms with Gasteiger partial charge in [-0.2, -0.15) is 0 Å². The van der Waals surface area contributed by atoms with Crippen molar-refractivity contribution in [1.82, 2.24) is 24.7 Å². The van der Waals surface area contributed by atoms with E-state index in [1.807, 2.05) is 35.3 Å². The number of amides is 2. The van der Waals surface area contributed by atoms with Gasteiger partial charge in [-0.25, -0.2) is 4.98 Å². The van der Waals surface area contributed by atoms with Crippen molar-refractivity contribution in [3.8, 4) is 0 Å². The third-order valence-corrected chi connectivity index (χ3v) is 6.55. The number of allylic oxidation sites excluding steroid dienone is 3. The molecular weight excluding hydrogens is 378 g/mol. The molecule has 0 saturated carbocycles. The van der Waals surface area contributed by atoms with Crippen molar-refractivity contribution in [1.29, 1.82) is 0 Å². The lowest BCUT2D eigenvalue weighted by Gasteiger charge is -2.39. The zero-order valence-electron chi connectivity index (χ0n) is 17.3. The third kappa shape index (κ3) is 3.13. The minimum absolute atomic E-state index is 0.0606. The standard InChI is InChI=1S/C23H27N5O2/c1-26-12-14-27(15-13-26)22(30)23(8-3-2-4-9-23)16-19-25-18-7-5-6-17-20(18)28(19)11-10-24-21(17)29/h2-8H,9-16H2,1H3,(H,24,29). The van der Waals surface area contributed by atoms with Crippen molar-refractivity contribution in [2.75, 3.05) is 39.8 Å². The molecule has 3 heterocycles. The molecule has 1 atom stereocenters. The minimum atomic E-state index is -0.630. The topological polar surface area (TPSA) is 70.5 Å². The van der Waals surface area contributed by atoms with Gasteiger partial charge in [-0.1, -0.05) is 30.4 Å². The number of benzene rings is 1. The fourth-order valence-electron chi connectivity index (χ4n) is 4.81. The van der Waals surface area contributed by atoms with E-state index in [1.165, 1.54) is 0 Å². The molecule has 2 aliphatic heterocycles. The molecule has 2 aromatic rings. The number of likely N-dealkylation sites (N-methyl/N-ethyl adjacent to an activating group) is 1. The van der Waals surface area contributed by atoms with Crippen molar-refractivity contribution >= 4 is 22.8 Å². The van der Waals surface area contributed by atoms with Gasteiger partial charge in [-0.15, -0.1) is 0 Å². The second-order valence-corrected chi connectivity index (χ2v) is 8.53. The molecule has 5 rings (SSSR count). The molecule has 30 heavy (non-hydrogen) atoms. The first-order valence-corrected chi connectivity index (χ1v) is 10.7. The molecule has 0 radical (unpaired) electrons. The average Bonchev–Trinajstić information content (AvgIpc) is 3.01. The van der Waals surface area contributed by atoms with E-state index in [2.05, 4.69) is 34.0 Å². The summed E-state index contributed by atoms with van der Waals surface area (Å²) in [5.41, 5.74) is 1.72. The predicted octanol–water partition coefficient (Wildman–Crippen LogP) is 1.60. The van der Waals surface area contributed by atoms with Gasteiger partial charge in [0.2, 0.25) is 5.91 Å². The Morgan fingerprint density at radius 2 is 2.00 bits per heavy atom. The number of imidazole rings is 1. The largest absolute Gasteiger partial charge is 0.350 e. The number of hydrogen-bond donors (Lipinski definition) is 1. The maximum Gasteiger partial charge on any atom is 0.253 e. The Bertz CT molecular complexity index is 1060. The number of rotatable bonds is 3. The highest BCUT2D eigenvalue weighted by molar-refractivity contribution is 6.05. The Labute approximate surface area is 176 Å². The molecule has 7 nitrogen and oxygen atoms in total. The van der Waals surface area contributed by atoms with Gasteiger partial charge in [0.1, 0.15) is 5.82 Å². The van der Waals surface area contributed by atoms with E-state index in [-0.39, 0.29) is 11.8 Å². The number of aromatic nitrogens is 2. The van der Waals surface area contributed by atoms with E-state index in [0.717, 1.165) is 43.0 Å². The Morgan fingerprint density at radius 3 is 2.77 bits per heavy atom. The number of para-hydroxylation sites is 1. The van der Waals surface area contributed by atoms with Crippen LogP contribution in [0.25, 0.3) is 11.0 Å². The van der Waals surface area contributed by atoms with Crippen LogP contribution < -0.4 is 5.32 Å². The summed E-state index contributed by atoms with van der Waals surface area (Å²) in [5.74, 6) is 0.991. The fraction of sp³-hybridized carbons (Fsp3) is 0.435. The van der Waals surface area contributed by atoms with Crippen molar-refractivity contribution in [3.05, 3.63) is 53.9 Å². The fourth-order valence-corrected chi connectivity index (χ4v) is 4.81. The van der Waals surface area contributed by atoms with Crippen molar-refractivity contribution < 1.29 is 9.59 Å². The SMILES string of the molecule is CN1CCN(C(=O)C2(Cc3nc4cccc5c4n3CCNC5=O)C=CC=CC2)CC1. The van der Waals surface area contributed by atoms with Crippen LogP contribution in [-0.4, -0.2) is 70.9 Å². The molecule has 0 spiro atoms. The molecule has 1 aromatic heterocycles. The summed E-state index contributed by atoms with van der Waals surface area (Å²) in [4.78, 5) is 35.3. The van der Waals surface area contributed by atoms with E-state index < -0.39 is 5.41 Å². The van der Waals surface area contributed by atoms with Crippen molar-refractivity contribution in [2.24, 2.45) is 5.41 Å². The zero-order valence-corrected chi connectivity index (χ0v) is 17.3. The summed E-state index contributed by atoms with van der Waals surface area (Å²) in [6.45, 7) is 4.53. The highest BCUT2D eigenvalue weighted by Gasteiger charge is 2.41. The minimum Gasteiger partial charge on any atom is -0.350 e. The summed E-state index contributed by atoms with van der Waals surface area (Å²) in [6.07, 6.45) is 9.33. The predicted molar refractivity (Wildman–Crippen MR) is 115 cm³/mol. The number of piperazine rings is 1. The van der Waals surface area contributed by atoms with Crippen LogP contribution in [0.2, 0.25) is 0 Å². The number of nitrogens with one attached hydrogen (secondary N) is 1. The molecule has 2 amide bonds. The Morgan fingerprint density at radius 1 is 1.17 bits per heavy atom. The van der Waals surface area contributed by atoms with Crippen LogP contribution in [-0.2, 0) is 17.8 Å². The van der Waals surface area contributed by atoms with Crippen LogP contribution in [0.3, 0.4) is 0 Å². The zero-order chi connectivity index (χ0) is 20.7. The van der Waals surface area contributed by atoms with E-state index in [9.17, 15) is 9.59 Å². The third-order valence-electron chi connectivity index (χ3n) is 6.55. The number of carbonyl (C=O) groups is 2. The van der Waals surface area contributed by atoms with E-state index in [4.69, 9.17) is 4.98 Å². The Hall–Kier alpha value is -2.93. The summed E-state index contributed by atoms with van der Waals surface area (Å²) in [5, 5.41) is 2.96. The van der Waals surface area contributed by atoms with Gasteiger partial charge in [0.15, 0.2) is 0 Å². The lowest BCUT2D eigenvalue weighted by atomic mass is 9.76. The quantitative estimate of drug-likeness (QED) is 0.842. The van der Waals surface area contributed by atoms with Gasteiger partial charge in [0.05, 0.1) is 22.0 Å². The number of hydrogen-bond acceptors (Lipinski definition) is 4. The molecular formula is C23H27N5O2.